The summed E-state index contributed by atoms with van der Waals surface area (Å²) in [5.74, 6) is 0.0762. The van der Waals surface area contributed by atoms with Crippen molar-refractivity contribution in [2.24, 2.45) is 7.05 Å². The van der Waals surface area contributed by atoms with Crippen molar-refractivity contribution in [1.29, 1.82) is 0 Å². The number of hydrogen-bond donors (Lipinski definition) is 0. The minimum absolute atomic E-state index is 0.0762. The van der Waals surface area contributed by atoms with Crippen LogP contribution in [-0.2, 0) is 13.5 Å². The first-order valence-electron chi connectivity index (χ1n) is 7.49. The second kappa shape index (κ2) is 6.86. The SMILES string of the molecule is Cn1cc(Cl)cc1C(=O)N1CCN(CCc2cccs2)CC1. The van der Waals surface area contributed by atoms with Gasteiger partial charge < -0.3 is 9.47 Å². The molecule has 1 fully saturated rings. The summed E-state index contributed by atoms with van der Waals surface area (Å²) in [6.45, 7) is 4.52. The Hall–Kier alpha value is -1.30. The average Bonchev–Trinajstić information content (AvgIpc) is 3.14. The van der Waals surface area contributed by atoms with Crippen molar-refractivity contribution < 1.29 is 4.79 Å². The lowest BCUT2D eigenvalue weighted by Gasteiger charge is -2.34. The molecule has 1 amide bonds. The van der Waals surface area contributed by atoms with E-state index in [1.807, 2.05) is 23.3 Å². The Morgan fingerprint density at radius 1 is 1.32 bits per heavy atom. The molecule has 0 bridgehead atoms. The normalized spacial score (nSPS) is 16.2. The second-order valence-corrected chi connectivity index (χ2v) is 7.09. The van der Waals surface area contributed by atoms with Gasteiger partial charge in [-0.05, 0) is 23.9 Å². The van der Waals surface area contributed by atoms with E-state index in [1.165, 1.54) is 4.88 Å². The van der Waals surface area contributed by atoms with Crippen LogP contribution in [0, 0.1) is 0 Å². The molecule has 0 aromatic carbocycles. The fourth-order valence-corrected chi connectivity index (χ4v) is 3.74. The number of hydrogen-bond acceptors (Lipinski definition) is 3. The first kappa shape index (κ1) is 15.6. The fourth-order valence-electron chi connectivity index (χ4n) is 2.80. The largest absolute Gasteiger partial charge is 0.345 e. The molecule has 0 radical (unpaired) electrons. The highest BCUT2D eigenvalue weighted by Gasteiger charge is 2.23. The number of thiophene rings is 1. The molecule has 0 saturated carbocycles. The van der Waals surface area contributed by atoms with Crippen molar-refractivity contribution >= 4 is 28.8 Å². The summed E-state index contributed by atoms with van der Waals surface area (Å²) in [6.07, 6.45) is 2.87. The Kier molecular flexibility index (Phi) is 4.86. The van der Waals surface area contributed by atoms with Gasteiger partial charge in [0.05, 0.1) is 5.02 Å². The number of amides is 1. The highest BCUT2D eigenvalue weighted by molar-refractivity contribution is 7.09. The van der Waals surface area contributed by atoms with Gasteiger partial charge in [-0.1, -0.05) is 17.7 Å². The van der Waals surface area contributed by atoms with E-state index in [0.29, 0.717) is 10.7 Å². The number of piperazine rings is 1. The van der Waals surface area contributed by atoms with Gasteiger partial charge in [0, 0.05) is 50.8 Å². The summed E-state index contributed by atoms with van der Waals surface area (Å²) in [5, 5.41) is 2.73. The molecule has 1 aliphatic heterocycles. The van der Waals surface area contributed by atoms with Crippen molar-refractivity contribution in [3.05, 3.63) is 45.4 Å². The Morgan fingerprint density at radius 3 is 2.68 bits per heavy atom. The predicted octanol–water partition coefficient (Wildman–Crippen LogP) is 2.74. The number of rotatable bonds is 4. The third kappa shape index (κ3) is 3.54. The molecule has 2 aromatic heterocycles. The molecule has 118 valence electrons. The quantitative estimate of drug-likeness (QED) is 0.858. The van der Waals surface area contributed by atoms with E-state index in [0.717, 1.165) is 39.1 Å². The van der Waals surface area contributed by atoms with Crippen LogP contribution in [0.15, 0.2) is 29.8 Å². The van der Waals surface area contributed by atoms with Crippen molar-refractivity contribution in [2.45, 2.75) is 6.42 Å². The molecule has 0 unspecified atom stereocenters. The third-order valence-corrected chi connectivity index (χ3v) is 5.25. The number of carbonyl (C=O) groups excluding carboxylic acids is 1. The average molecular weight is 338 g/mol. The third-order valence-electron chi connectivity index (χ3n) is 4.10. The number of carbonyl (C=O) groups is 1. The molecular weight excluding hydrogens is 318 g/mol. The van der Waals surface area contributed by atoms with E-state index in [1.54, 1.807) is 16.8 Å². The number of aryl methyl sites for hydroxylation is 1. The highest BCUT2D eigenvalue weighted by Crippen LogP contribution is 2.16. The van der Waals surface area contributed by atoms with Crippen LogP contribution >= 0.6 is 22.9 Å². The van der Waals surface area contributed by atoms with Gasteiger partial charge in [0.1, 0.15) is 5.69 Å². The summed E-state index contributed by atoms with van der Waals surface area (Å²) in [4.78, 5) is 18.3. The zero-order valence-corrected chi connectivity index (χ0v) is 14.2. The Morgan fingerprint density at radius 2 is 2.09 bits per heavy atom. The molecule has 1 saturated heterocycles. The predicted molar refractivity (Wildman–Crippen MR) is 90.8 cm³/mol. The van der Waals surface area contributed by atoms with Crippen molar-refractivity contribution in [2.75, 3.05) is 32.7 Å². The van der Waals surface area contributed by atoms with Crippen LogP contribution in [0.25, 0.3) is 0 Å². The van der Waals surface area contributed by atoms with Crippen LogP contribution in [0.1, 0.15) is 15.4 Å². The maximum absolute atomic E-state index is 12.5. The van der Waals surface area contributed by atoms with Gasteiger partial charge in [0.15, 0.2) is 0 Å². The number of halogens is 1. The van der Waals surface area contributed by atoms with Crippen LogP contribution in [0.5, 0.6) is 0 Å². The van der Waals surface area contributed by atoms with Gasteiger partial charge in [0.25, 0.3) is 5.91 Å². The maximum Gasteiger partial charge on any atom is 0.270 e. The molecule has 0 aliphatic carbocycles. The molecule has 3 heterocycles. The lowest BCUT2D eigenvalue weighted by Crippen LogP contribution is -2.49. The van der Waals surface area contributed by atoms with Gasteiger partial charge in [-0.3, -0.25) is 9.69 Å². The first-order valence-corrected chi connectivity index (χ1v) is 8.75. The molecule has 1 aliphatic rings. The zero-order valence-electron chi connectivity index (χ0n) is 12.7. The Bertz CT molecular complexity index is 630. The van der Waals surface area contributed by atoms with E-state index >= 15 is 0 Å². The molecule has 4 nitrogen and oxygen atoms in total. The summed E-state index contributed by atoms with van der Waals surface area (Å²) in [5.41, 5.74) is 0.664. The molecule has 0 spiro atoms. The molecular formula is C16H20ClN3OS. The van der Waals surface area contributed by atoms with E-state index in [-0.39, 0.29) is 5.91 Å². The summed E-state index contributed by atoms with van der Waals surface area (Å²) in [6, 6.07) is 6.03. The summed E-state index contributed by atoms with van der Waals surface area (Å²) in [7, 11) is 1.86. The standard InChI is InChI=1S/C16H20ClN3OS/c1-18-12-13(17)11-15(18)16(21)20-8-6-19(7-9-20)5-4-14-3-2-10-22-14/h2-3,10-12H,4-9H2,1H3. The second-order valence-electron chi connectivity index (χ2n) is 5.62. The molecule has 0 N–H and O–H groups in total. The van der Waals surface area contributed by atoms with Crippen LogP contribution in [0.2, 0.25) is 5.02 Å². The fraction of sp³-hybridized carbons (Fsp3) is 0.438. The Balaban J connectivity index is 1.51. The number of nitrogens with zero attached hydrogens (tertiary/aromatic N) is 3. The minimum Gasteiger partial charge on any atom is -0.345 e. The van der Waals surface area contributed by atoms with Crippen LogP contribution < -0.4 is 0 Å². The van der Waals surface area contributed by atoms with Crippen molar-refractivity contribution in [3.63, 3.8) is 0 Å². The van der Waals surface area contributed by atoms with Crippen molar-refractivity contribution in [1.82, 2.24) is 14.4 Å². The molecule has 22 heavy (non-hydrogen) atoms. The Labute approximate surface area is 139 Å². The maximum atomic E-state index is 12.5. The number of aromatic nitrogens is 1. The van der Waals surface area contributed by atoms with Crippen LogP contribution in [0.3, 0.4) is 0 Å². The van der Waals surface area contributed by atoms with Gasteiger partial charge in [-0.2, -0.15) is 0 Å². The summed E-state index contributed by atoms with van der Waals surface area (Å²) >= 11 is 7.77. The van der Waals surface area contributed by atoms with E-state index in [4.69, 9.17) is 11.6 Å². The monoisotopic (exact) mass is 337 g/mol. The van der Waals surface area contributed by atoms with Gasteiger partial charge in [-0.15, -0.1) is 11.3 Å². The van der Waals surface area contributed by atoms with Crippen LogP contribution in [-0.4, -0.2) is 53.0 Å². The van der Waals surface area contributed by atoms with E-state index < -0.39 is 0 Å². The van der Waals surface area contributed by atoms with Gasteiger partial charge in [-0.25, -0.2) is 0 Å². The molecule has 2 aromatic rings. The minimum atomic E-state index is 0.0762. The lowest BCUT2D eigenvalue weighted by atomic mass is 10.2. The van der Waals surface area contributed by atoms with Gasteiger partial charge in [0.2, 0.25) is 0 Å². The molecule has 0 atom stereocenters. The molecule has 3 rings (SSSR count). The van der Waals surface area contributed by atoms with E-state index in [9.17, 15) is 4.79 Å². The topological polar surface area (TPSA) is 28.5 Å². The van der Waals surface area contributed by atoms with Crippen molar-refractivity contribution in [3.8, 4) is 0 Å². The van der Waals surface area contributed by atoms with Gasteiger partial charge >= 0.3 is 0 Å². The molecule has 6 heteroatoms. The van der Waals surface area contributed by atoms with E-state index in [2.05, 4.69) is 22.4 Å². The smallest absolute Gasteiger partial charge is 0.270 e. The highest BCUT2D eigenvalue weighted by atomic mass is 35.5. The zero-order chi connectivity index (χ0) is 15.5. The summed E-state index contributed by atoms with van der Waals surface area (Å²) < 4.78 is 1.80. The first-order chi connectivity index (χ1) is 10.6. The lowest BCUT2D eigenvalue weighted by molar-refractivity contribution is 0.0629. The van der Waals surface area contributed by atoms with Crippen LogP contribution in [0.4, 0.5) is 0 Å².